The Morgan fingerprint density at radius 2 is 1.58 bits per heavy atom. The zero-order valence-corrected chi connectivity index (χ0v) is 19.7. The Morgan fingerprint density at radius 1 is 0.909 bits per heavy atom. The molecule has 2 amide bonds. The Labute approximate surface area is 198 Å². The maximum Gasteiger partial charge on any atom is 0.261 e. The van der Waals surface area contributed by atoms with Crippen molar-refractivity contribution in [2.75, 3.05) is 10.0 Å². The smallest absolute Gasteiger partial charge is 0.261 e. The highest BCUT2D eigenvalue weighted by atomic mass is 35.5. The Kier molecular flexibility index (Phi) is 7.73. The summed E-state index contributed by atoms with van der Waals surface area (Å²) in [4.78, 5) is 25.4. The van der Waals surface area contributed by atoms with Gasteiger partial charge in [-0.3, -0.25) is 14.3 Å². The molecule has 0 aliphatic carbocycles. The van der Waals surface area contributed by atoms with Crippen LogP contribution in [0.1, 0.15) is 41.0 Å². The largest absolute Gasteiger partial charge is 0.350 e. The SMILES string of the molecule is CCC(C)NC(=O)c1ccccc1NC(=O)c1ccc(NS(=O)(=O)c2ccccc2)c(Cl)c1. The number of amides is 2. The first kappa shape index (κ1) is 24.3. The first-order valence-corrected chi connectivity index (χ1v) is 12.2. The molecular formula is C24H24ClN3O4S. The molecule has 0 saturated carbocycles. The summed E-state index contributed by atoms with van der Waals surface area (Å²) < 4.78 is 27.5. The van der Waals surface area contributed by atoms with Crippen LogP contribution in [-0.2, 0) is 10.0 Å². The van der Waals surface area contributed by atoms with Gasteiger partial charge in [-0.15, -0.1) is 0 Å². The van der Waals surface area contributed by atoms with Crippen molar-refractivity contribution in [2.45, 2.75) is 31.2 Å². The van der Waals surface area contributed by atoms with E-state index in [0.717, 1.165) is 6.42 Å². The minimum atomic E-state index is -3.82. The first-order chi connectivity index (χ1) is 15.7. The van der Waals surface area contributed by atoms with Gasteiger partial charge in [-0.1, -0.05) is 48.9 Å². The fourth-order valence-electron chi connectivity index (χ4n) is 2.93. The molecule has 7 nitrogen and oxygen atoms in total. The fourth-order valence-corrected chi connectivity index (χ4v) is 4.32. The second kappa shape index (κ2) is 10.5. The molecule has 0 fully saturated rings. The molecule has 0 heterocycles. The summed E-state index contributed by atoms with van der Waals surface area (Å²) in [5.74, 6) is -0.776. The number of hydrogen-bond donors (Lipinski definition) is 3. The van der Waals surface area contributed by atoms with Crippen molar-refractivity contribution < 1.29 is 18.0 Å². The zero-order chi connectivity index (χ0) is 24.0. The molecule has 3 aromatic carbocycles. The zero-order valence-electron chi connectivity index (χ0n) is 18.1. The third kappa shape index (κ3) is 6.12. The van der Waals surface area contributed by atoms with E-state index in [1.165, 1.54) is 30.3 Å². The monoisotopic (exact) mass is 485 g/mol. The van der Waals surface area contributed by atoms with Crippen molar-refractivity contribution in [3.05, 3.63) is 88.9 Å². The number of halogens is 1. The highest BCUT2D eigenvalue weighted by molar-refractivity contribution is 7.92. The van der Waals surface area contributed by atoms with Crippen LogP contribution in [-0.4, -0.2) is 26.3 Å². The molecule has 0 saturated heterocycles. The maximum atomic E-state index is 12.8. The average molecular weight is 486 g/mol. The minimum Gasteiger partial charge on any atom is -0.350 e. The number of carbonyl (C=O) groups excluding carboxylic acids is 2. The Morgan fingerprint density at radius 3 is 2.24 bits per heavy atom. The van der Waals surface area contributed by atoms with E-state index in [9.17, 15) is 18.0 Å². The number of para-hydroxylation sites is 1. The third-order valence-electron chi connectivity index (χ3n) is 4.94. The van der Waals surface area contributed by atoms with Crippen LogP contribution in [0.25, 0.3) is 0 Å². The average Bonchev–Trinajstić information content (AvgIpc) is 2.81. The predicted molar refractivity (Wildman–Crippen MR) is 130 cm³/mol. The van der Waals surface area contributed by atoms with Crippen LogP contribution in [0.3, 0.4) is 0 Å². The van der Waals surface area contributed by atoms with E-state index in [1.807, 2.05) is 13.8 Å². The van der Waals surface area contributed by atoms with Gasteiger partial charge in [0, 0.05) is 11.6 Å². The number of nitrogens with one attached hydrogen (secondary N) is 3. The molecule has 9 heteroatoms. The highest BCUT2D eigenvalue weighted by Gasteiger charge is 2.18. The van der Waals surface area contributed by atoms with Crippen LogP contribution < -0.4 is 15.4 Å². The Balaban J connectivity index is 1.77. The number of hydrogen-bond acceptors (Lipinski definition) is 4. The lowest BCUT2D eigenvalue weighted by molar-refractivity contribution is 0.0940. The van der Waals surface area contributed by atoms with E-state index in [0.29, 0.717) is 11.3 Å². The molecule has 0 bridgehead atoms. The molecule has 33 heavy (non-hydrogen) atoms. The van der Waals surface area contributed by atoms with E-state index in [2.05, 4.69) is 15.4 Å². The van der Waals surface area contributed by atoms with E-state index in [4.69, 9.17) is 11.6 Å². The van der Waals surface area contributed by atoms with Crippen molar-refractivity contribution in [1.82, 2.24) is 5.32 Å². The molecule has 0 aliphatic rings. The van der Waals surface area contributed by atoms with Crippen molar-refractivity contribution in [2.24, 2.45) is 0 Å². The van der Waals surface area contributed by atoms with E-state index >= 15 is 0 Å². The summed E-state index contributed by atoms with van der Waals surface area (Å²) in [6.07, 6.45) is 0.777. The van der Waals surface area contributed by atoms with Crippen LogP contribution in [0, 0.1) is 0 Å². The number of anilines is 2. The van der Waals surface area contributed by atoms with Crippen LogP contribution in [0.5, 0.6) is 0 Å². The number of carbonyl (C=O) groups is 2. The van der Waals surface area contributed by atoms with Gasteiger partial charge in [-0.05, 0) is 55.8 Å². The summed E-state index contributed by atoms with van der Waals surface area (Å²) in [6, 6.07) is 18.8. The lowest BCUT2D eigenvalue weighted by Gasteiger charge is -2.15. The van der Waals surface area contributed by atoms with Gasteiger partial charge >= 0.3 is 0 Å². The molecule has 0 radical (unpaired) electrons. The Hall–Kier alpha value is -3.36. The highest BCUT2D eigenvalue weighted by Crippen LogP contribution is 2.26. The van der Waals surface area contributed by atoms with E-state index in [1.54, 1.807) is 42.5 Å². The minimum absolute atomic E-state index is 0.00715. The summed E-state index contributed by atoms with van der Waals surface area (Å²) in [5, 5.41) is 5.66. The second-order valence-electron chi connectivity index (χ2n) is 7.40. The molecule has 0 aliphatic heterocycles. The van der Waals surface area contributed by atoms with E-state index < -0.39 is 15.9 Å². The van der Waals surface area contributed by atoms with Gasteiger partial charge in [0.05, 0.1) is 26.9 Å². The van der Waals surface area contributed by atoms with Crippen molar-refractivity contribution >= 4 is 44.8 Å². The molecule has 0 aromatic heterocycles. The molecule has 1 unspecified atom stereocenters. The molecule has 1 atom stereocenters. The normalized spacial score (nSPS) is 12.0. The van der Waals surface area contributed by atoms with Gasteiger partial charge in [0.2, 0.25) is 0 Å². The number of sulfonamides is 1. The Bertz CT molecular complexity index is 1260. The summed E-state index contributed by atoms with van der Waals surface area (Å²) in [6.45, 7) is 3.86. The van der Waals surface area contributed by atoms with Crippen molar-refractivity contribution in [3.8, 4) is 0 Å². The first-order valence-electron chi connectivity index (χ1n) is 10.3. The standard InChI is InChI=1S/C24H24ClN3O4S/c1-3-16(2)26-24(30)19-11-7-8-12-21(19)27-23(29)17-13-14-22(20(25)15-17)28-33(31,32)18-9-5-4-6-10-18/h4-16,28H,3H2,1-2H3,(H,26,30)(H,27,29). The van der Waals surface area contributed by atoms with Gasteiger partial charge in [-0.25, -0.2) is 8.42 Å². The van der Waals surface area contributed by atoms with Crippen molar-refractivity contribution in [1.29, 1.82) is 0 Å². The molecule has 3 rings (SSSR count). The van der Waals surface area contributed by atoms with Gasteiger partial charge in [0.1, 0.15) is 0 Å². The van der Waals surface area contributed by atoms with Crippen LogP contribution in [0.4, 0.5) is 11.4 Å². The number of benzene rings is 3. The van der Waals surface area contributed by atoms with Gasteiger partial charge in [0.25, 0.3) is 21.8 Å². The topological polar surface area (TPSA) is 104 Å². The van der Waals surface area contributed by atoms with Gasteiger partial charge in [-0.2, -0.15) is 0 Å². The fraction of sp³-hybridized carbons (Fsp3) is 0.167. The summed E-state index contributed by atoms with van der Waals surface area (Å²) in [7, 11) is -3.82. The molecule has 3 aromatic rings. The van der Waals surface area contributed by atoms with Gasteiger partial charge < -0.3 is 10.6 Å². The lowest BCUT2D eigenvalue weighted by atomic mass is 10.1. The van der Waals surface area contributed by atoms with E-state index in [-0.39, 0.29) is 33.1 Å². The summed E-state index contributed by atoms with van der Waals surface area (Å²) in [5.41, 5.74) is 1.04. The molecule has 3 N–H and O–H groups in total. The van der Waals surface area contributed by atoms with Crippen molar-refractivity contribution in [3.63, 3.8) is 0 Å². The van der Waals surface area contributed by atoms with Crippen LogP contribution in [0.2, 0.25) is 5.02 Å². The van der Waals surface area contributed by atoms with Crippen LogP contribution in [0.15, 0.2) is 77.7 Å². The second-order valence-corrected chi connectivity index (χ2v) is 9.49. The van der Waals surface area contributed by atoms with Crippen LogP contribution >= 0.6 is 11.6 Å². The quantitative estimate of drug-likeness (QED) is 0.421. The lowest BCUT2D eigenvalue weighted by Crippen LogP contribution is -2.32. The predicted octanol–water partition coefficient (Wildman–Crippen LogP) is 4.92. The third-order valence-corrected chi connectivity index (χ3v) is 6.63. The maximum absolute atomic E-state index is 12.8. The summed E-state index contributed by atoms with van der Waals surface area (Å²) >= 11 is 6.25. The molecular weight excluding hydrogens is 462 g/mol. The molecule has 172 valence electrons. The molecule has 0 spiro atoms. The van der Waals surface area contributed by atoms with Gasteiger partial charge in [0.15, 0.2) is 0 Å². The number of rotatable bonds is 8.